The highest BCUT2D eigenvalue weighted by Crippen LogP contribution is 2.22. The van der Waals surface area contributed by atoms with Crippen LogP contribution in [0.2, 0.25) is 0 Å². The lowest BCUT2D eigenvalue weighted by molar-refractivity contribution is -0.385. The number of hydrogen-bond acceptors (Lipinski definition) is 5. The minimum atomic E-state index is -0.454. The molecular formula is C21H19N3O4. The Morgan fingerprint density at radius 3 is 2.79 bits per heavy atom. The molecule has 1 aliphatic rings. The first kappa shape index (κ1) is 17.9. The van der Waals surface area contributed by atoms with Gasteiger partial charge in [0.1, 0.15) is 6.10 Å². The molecule has 0 aliphatic carbocycles. The van der Waals surface area contributed by atoms with Crippen LogP contribution in [0.15, 0.2) is 60.7 Å². The average Bonchev–Trinajstić information content (AvgIpc) is 3.17. The fraction of sp³-hybridized carbons (Fsp3) is 0.238. The second kappa shape index (κ2) is 7.64. The third kappa shape index (κ3) is 3.78. The van der Waals surface area contributed by atoms with Crippen LogP contribution in [0.4, 0.5) is 5.69 Å². The molecule has 2 heterocycles. The number of aromatic nitrogens is 1. The number of rotatable bonds is 5. The molecule has 1 atom stereocenters. The van der Waals surface area contributed by atoms with E-state index in [-0.39, 0.29) is 24.1 Å². The molecule has 0 N–H and O–H groups in total. The van der Waals surface area contributed by atoms with Gasteiger partial charge in [-0.05, 0) is 12.1 Å². The molecule has 142 valence electrons. The fourth-order valence-electron chi connectivity index (χ4n) is 3.45. The summed E-state index contributed by atoms with van der Waals surface area (Å²) in [5.41, 5.74) is 1.27. The second-order valence-corrected chi connectivity index (χ2v) is 6.77. The van der Waals surface area contributed by atoms with Crippen LogP contribution in [0.3, 0.4) is 0 Å². The van der Waals surface area contributed by atoms with E-state index in [9.17, 15) is 14.9 Å². The number of para-hydroxylation sites is 2. The van der Waals surface area contributed by atoms with Gasteiger partial charge in [0.05, 0.1) is 23.4 Å². The molecule has 7 heteroatoms. The topological polar surface area (TPSA) is 85.6 Å². The van der Waals surface area contributed by atoms with E-state index >= 15 is 0 Å². The molecule has 2 aromatic carbocycles. The molecule has 0 bridgehead atoms. The summed E-state index contributed by atoms with van der Waals surface area (Å²) in [5, 5.41) is 12.2. The molecule has 7 nitrogen and oxygen atoms in total. The maximum Gasteiger partial charge on any atom is 0.273 e. The maximum atomic E-state index is 12.6. The van der Waals surface area contributed by atoms with Crippen molar-refractivity contribution in [3.05, 3.63) is 76.3 Å². The van der Waals surface area contributed by atoms with E-state index in [0.717, 1.165) is 10.9 Å². The molecule has 1 aliphatic heterocycles. The van der Waals surface area contributed by atoms with Gasteiger partial charge in [-0.25, -0.2) is 4.98 Å². The Bertz CT molecular complexity index is 1040. The second-order valence-electron chi connectivity index (χ2n) is 6.77. The largest absolute Gasteiger partial charge is 0.472 e. The van der Waals surface area contributed by atoms with Crippen molar-refractivity contribution in [3.63, 3.8) is 0 Å². The van der Waals surface area contributed by atoms with Crippen molar-refractivity contribution >= 4 is 22.5 Å². The number of nitro benzene ring substituents is 1. The number of carbonyl (C=O) groups is 1. The zero-order valence-electron chi connectivity index (χ0n) is 15.2. The van der Waals surface area contributed by atoms with E-state index < -0.39 is 4.92 Å². The molecular weight excluding hydrogens is 358 g/mol. The molecule has 1 amide bonds. The van der Waals surface area contributed by atoms with E-state index in [1.165, 1.54) is 6.07 Å². The SMILES string of the molecule is O=C(Cc1ccccc1[N+](=O)[O-])N1CCC(Oc2ccc3ccccc3n2)C1. The molecule has 1 aromatic heterocycles. The summed E-state index contributed by atoms with van der Waals surface area (Å²) in [5.74, 6) is 0.406. The minimum absolute atomic E-state index is 0.0120. The van der Waals surface area contributed by atoms with E-state index in [2.05, 4.69) is 4.98 Å². The van der Waals surface area contributed by atoms with E-state index in [1.807, 2.05) is 36.4 Å². The Balaban J connectivity index is 1.39. The van der Waals surface area contributed by atoms with Crippen LogP contribution >= 0.6 is 0 Å². The lowest BCUT2D eigenvalue weighted by atomic mass is 10.1. The molecule has 0 spiro atoms. The molecule has 0 saturated carbocycles. The van der Waals surface area contributed by atoms with Gasteiger partial charge in [0.15, 0.2) is 0 Å². The van der Waals surface area contributed by atoms with Crippen molar-refractivity contribution in [2.24, 2.45) is 0 Å². The molecule has 4 rings (SSSR count). The Morgan fingerprint density at radius 2 is 1.93 bits per heavy atom. The molecule has 0 radical (unpaired) electrons. The number of benzene rings is 2. The Morgan fingerprint density at radius 1 is 1.14 bits per heavy atom. The van der Waals surface area contributed by atoms with Crippen molar-refractivity contribution < 1.29 is 14.5 Å². The first-order valence-corrected chi connectivity index (χ1v) is 9.12. The lowest BCUT2D eigenvalue weighted by Gasteiger charge is -2.17. The summed E-state index contributed by atoms with van der Waals surface area (Å²) in [6.45, 7) is 1.02. The van der Waals surface area contributed by atoms with Gasteiger partial charge in [-0.3, -0.25) is 14.9 Å². The van der Waals surface area contributed by atoms with E-state index in [1.54, 1.807) is 23.1 Å². The average molecular weight is 377 g/mol. The fourth-order valence-corrected chi connectivity index (χ4v) is 3.45. The summed E-state index contributed by atoms with van der Waals surface area (Å²) in [6, 6.07) is 18.0. The van der Waals surface area contributed by atoms with Gasteiger partial charge in [0.25, 0.3) is 5.69 Å². The van der Waals surface area contributed by atoms with Crippen molar-refractivity contribution in [3.8, 4) is 5.88 Å². The smallest absolute Gasteiger partial charge is 0.273 e. The first-order chi connectivity index (χ1) is 13.6. The lowest BCUT2D eigenvalue weighted by Crippen LogP contribution is -2.32. The number of nitrogens with zero attached hydrogens (tertiary/aromatic N) is 3. The van der Waals surface area contributed by atoms with Gasteiger partial charge in [0, 0.05) is 36.0 Å². The number of amides is 1. The predicted octanol–water partition coefficient (Wildman–Crippen LogP) is 3.37. The zero-order valence-corrected chi connectivity index (χ0v) is 15.2. The number of hydrogen-bond donors (Lipinski definition) is 0. The molecule has 1 fully saturated rings. The first-order valence-electron chi connectivity index (χ1n) is 9.12. The highest BCUT2D eigenvalue weighted by atomic mass is 16.6. The normalized spacial score (nSPS) is 16.3. The quantitative estimate of drug-likeness (QED) is 0.503. The van der Waals surface area contributed by atoms with Gasteiger partial charge in [-0.1, -0.05) is 36.4 Å². The summed E-state index contributed by atoms with van der Waals surface area (Å²) in [4.78, 5) is 29.5. The van der Waals surface area contributed by atoms with Crippen molar-refractivity contribution in [2.45, 2.75) is 18.9 Å². The van der Waals surface area contributed by atoms with Crippen molar-refractivity contribution in [1.29, 1.82) is 0 Å². The highest BCUT2D eigenvalue weighted by Gasteiger charge is 2.29. The van der Waals surface area contributed by atoms with Crippen LogP contribution in [-0.4, -0.2) is 39.9 Å². The molecule has 1 saturated heterocycles. The van der Waals surface area contributed by atoms with Crippen LogP contribution in [0.25, 0.3) is 10.9 Å². The van der Waals surface area contributed by atoms with Crippen LogP contribution < -0.4 is 4.74 Å². The number of likely N-dealkylation sites (tertiary alicyclic amines) is 1. The monoisotopic (exact) mass is 377 g/mol. The third-order valence-electron chi connectivity index (χ3n) is 4.89. The van der Waals surface area contributed by atoms with Crippen molar-refractivity contribution in [1.82, 2.24) is 9.88 Å². The van der Waals surface area contributed by atoms with Gasteiger partial charge < -0.3 is 9.64 Å². The Hall–Kier alpha value is -3.48. The third-order valence-corrected chi connectivity index (χ3v) is 4.89. The van der Waals surface area contributed by atoms with Crippen LogP contribution in [0, 0.1) is 10.1 Å². The number of nitro groups is 1. The van der Waals surface area contributed by atoms with Crippen LogP contribution in [0.1, 0.15) is 12.0 Å². The number of fused-ring (bicyclic) bond motifs is 1. The van der Waals surface area contributed by atoms with Gasteiger partial charge in [-0.15, -0.1) is 0 Å². The number of ether oxygens (including phenoxy) is 1. The highest BCUT2D eigenvalue weighted by molar-refractivity contribution is 5.80. The standard InChI is InChI=1S/C21H19N3O4/c25-21(13-16-6-2-4-8-19(16)24(26)27)23-12-11-17(14-23)28-20-10-9-15-5-1-3-7-18(15)22-20/h1-10,17H,11-14H2. The van der Waals surface area contributed by atoms with Gasteiger partial charge in [0.2, 0.25) is 11.8 Å². The Labute approximate surface area is 161 Å². The minimum Gasteiger partial charge on any atom is -0.472 e. The van der Waals surface area contributed by atoms with E-state index in [4.69, 9.17) is 4.74 Å². The number of pyridine rings is 1. The summed E-state index contributed by atoms with van der Waals surface area (Å²) in [6.07, 6.45) is 0.582. The van der Waals surface area contributed by atoms with Crippen LogP contribution in [-0.2, 0) is 11.2 Å². The van der Waals surface area contributed by atoms with E-state index in [0.29, 0.717) is 31.0 Å². The molecule has 1 unspecified atom stereocenters. The summed E-state index contributed by atoms with van der Waals surface area (Å²) in [7, 11) is 0. The summed E-state index contributed by atoms with van der Waals surface area (Å²) < 4.78 is 5.96. The Kier molecular flexibility index (Phi) is 4.89. The predicted molar refractivity (Wildman–Crippen MR) is 104 cm³/mol. The zero-order chi connectivity index (χ0) is 19.5. The molecule has 28 heavy (non-hydrogen) atoms. The van der Waals surface area contributed by atoms with Gasteiger partial charge >= 0.3 is 0 Å². The maximum absolute atomic E-state index is 12.6. The van der Waals surface area contributed by atoms with Crippen molar-refractivity contribution in [2.75, 3.05) is 13.1 Å². The molecule has 3 aromatic rings. The van der Waals surface area contributed by atoms with Crippen LogP contribution in [0.5, 0.6) is 5.88 Å². The van der Waals surface area contributed by atoms with Gasteiger partial charge in [-0.2, -0.15) is 0 Å². The summed E-state index contributed by atoms with van der Waals surface area (Å²) >= 11 is 0. The number of carbonyl (C=O) groups excluding carboxylic acids is 1.